The minimum atomic E-state index is -0.150. The van der Waals surface area contributed by atoms with Gasteiger partial charge in [-0.1, -0.05) is 38.1 Å². The number of amides is 2. The molecule has 0 spiro atoms. The minimum Gasteiger partial charge on any atom is -0.376 e. The predicted molar refractivity (Wildman–Crippen MR) is 105 cm³/mol. The van der Waals surface area contributed by atoms with Gasteiger partial charge in [0.15, 0.2) is 0 Å². The predicted octanol–water partition coefficient (Wildman–Crippen LogP) is 3.75. The molecular formula is C21H25N3O2. The third-order valence-electron chi connectivity index (χ3n) is 4.34. The van der Waals surface area contributed by atoms with E-state index in [4.69, 9.17) is 0 Å². The number of rotatable bonds is 7. The number of carbonyl (C=O) groups is 2. The molecule has 26 heavy (non-hydrogen) atoms. The molecule has 0 heterocycles. The van der Waals surface area contributed by atoms with Crippen LogP contribution < -0.4 is 16.0 Å². The maximum atomic E-state index is 12.3. The van der Waals surface area contributed by atoms with Gasteiger partial charge in [-0.3, -0.25) is 9.59 Å². The summed E-state index contributed by atoms with van der Waals surface area (Å²) in [6.07, 6.45) is 2.09. The lowest BCUT2D eigenvalue weighted by atomic mass is 10.0. The smallest absolute Gasteiger partial charge is 0.251 e. The van der Waals surface area contributed by atoms with Crippen molar-refractivity contribution >= 4 is 23.2 Å². The summed E-state index contributed by atoms with van der Waals surface area (Å²) in [6.45, 7) is 4.42. The van der Waals surface area contributed by atoms with Gasteiger partial charge in [-0.05, 0) is 48.6 Å². The summed E-state index contributed by atoms with van der Waals surface area (Å²) in [5.41, 5.74) is 3.33. The third-order valence-corrected chi connectivity index (χ3v) is 4.34. The topological polar surface area (TPSA) is 70.2 Å². The van der Waals surface area contributed by atoms with Gasteiger partial charge in [0.05, 0.1) is 6.54 Å². The second-order valence-corrected chi connectivity index (χ2v) is 6.97. The molecule has 1 saturated carbocycles. The van der Waals surface area contributed by atoms with Crippen molar-refractivity contribution in [2.45, 2.75) is 38.6 Å². The van der Waals surface area contributed by atoms with Gasteiger partial charge in [0.25, 0.3) is 5.91 Å². The van der Waals surface area contributed by atoms with Gasteiger partial charge in [0, 0.05) is 23.0 Å². The molecule has 0 atom stereocenters. The van der Waals surface area contributed by atoms with E-state index in [1.807, 2.05) is 18.2 Å². The van der Waals surface area contributed by atoms with Crippen molar-refractivity contribution in [2.24, 2.45) is 0 Å². The number of carbonyl (C=O) groups excluding carboxylic acids is 2. The molecule has 136 valence electrons. The van der Waals surface area contributed by atoms with Crippen molar-refractivity contribution in [1.82, 2.24) is 5.32 Å². The minimum absolute atomic E-state index is 0.0902. The zero-order valence-electron chi connectivity index (χ0n) is 15.2. The molecule has 5 nitrogen and oxygen atoms in total. The first kappa shape index (κ1) is 18.0. The number of anilines is 2. The van der Waals surface area contributed by atoms with E-state index >= 15 is 0 Å². The number of hydrogen-bond donors (Lipinski definition) is 3. The molecule has 1 fully saturated rings. The first-order valence-electron chi connectivity index (χ1n) is 9.06. The Hall–Kier alpha value is -2.82. The largest absolute Gasteiger partial charge is 0.376 e. The molecular weight excluding hydrogens is 326 g/mol. The molecule has 2 amide bonds. The molecule has 3 N–H and O–H groups in total. The first-order chi connectivity index (χ1) is 12.5. The molecule has 0 unspecified atom stereocenters. The molecule has 0 saturated heterocycles. The Morgan fingerprint density at radius 2 is 1.85 bits per heavy atom. The molecule has 1 aliphatic rings. The van der Waals surface area contributed by atoms with Crippen LogP contribution in [0.1, 0.15) is 48.5 Å². The van der Waals surface area contributed by atoms with E-state index in [9.17, 15) is 9.59 Å². The Labute approximate surface area is 154 Å². The van der Waals surface area contributed by atoms with E-state index in [1.54, 1.807) is 24.3 Å². The Kier molecular flexibility index (Phi) is 5.56. The number of nitrogens with one attached hydrogen (secondary N) is 3. The highest BCUT2D eigenvalue weighted by atomic mass is 16.2. The van der Waals surface area contributed by atoms with E-state index in [-0.39, 0.29) is 18.4 Å². The number of para-hydroxylation sites is 1. The van der Waals surface area contributed by atoms with Crippen molar-refractivity contribution in [3.63, 3.8) is 0 Å². The average Bonchev–Trinajstić information content (AvgIpc) is 3.44. The Balaban J connectivity index is 1.57. The van der Waals surface area contributed by atoms with Gasteiger partial charge in [0.1, 0.15) is 0 Å². The maximum Gasteiger partial charge on any atom is 0.251 e. The standard InChI is InChI=1S/C21H25N3O2/c1-14(2)18-8-3-4-9-19(18)22-13-20(25)23-17-7-5-6-15(12-17)21(26)24-16-10-11-16/h3-9,12,14,16,22H,10-11,13H2,1-2H3,(H,23,25)(H,24,26). The van der Waals surface area contributed by atoms with Crippen LogP contribution in [0.4, 0.5) is 11.4 Å². The van der Waals surface area contributed by atoms with Gasteiger partial charge in [0.2, 0.25) is 5.91 Å². The van der Waals surface area contributed by atoms with Gasteiger partial charge >= 0.3 is 0 Å². The van der Waals surface area contributed by atoms with Crippen molar-refractivity contribution in [3.05, 3.63) is 59.7 Å². The molecule has 0 bridgehead atoms. The van der Waals surface area contributed by atoms with Crippen molar-refractivity contribution < 1.29 is 9.59 Å². The second-order valence-electron chi connectivity index (χ2n) is 6.97. The van der Waals surface area contributed by atoms with Crippen LogP contribution in [0.15, 0.2) is 48.5 Å². The van der Waals surface area contributed by atoms with Crippen molar-refractivity contribution in [2.75, 3.05) is 17.2 Å². The monoisotopic (exact) mass is 351 g/mol. The summed E-state index contributed by atoms with van der Waals surface area (Å²) in [6, 6.07) is 15.3. The maximum absolute atomic E-state index is 12.3. The Morgan fingerprint density at radius 1 is 1.08 bits per heavy atom. The van der Waals surface area contributed by atoms with Crippen LogP contribution in [-0.2, 0) is 4.79 Å². The highest BCUT2D eigenvalue weighted by Gasteiger charge is 2.23. The highest BCUT2D eigenvalue weighted by molar-refractivity contribution is 5.98. The van der Waals surface area contributed by atoms with Gasteiger partial charge in [-0.2, -0.15) is 0 Å². The van der Waals surface area contributed by atoms with Crippen LogP contribution >= 0.6 is 0 Å². The van der Waals surface area contributed by atoms with Crippen LogP contribution in [0.3, 0.4) is 0 Å². The van der Waals surface area contributed by atoms with E-state index in [2.05, 4.69) is 35.9 Å². The van der Waals surface area contributed by atoms with Crippen LogP contribution in [0, 0.1) is 0 Å². The summed E-state index contributed by atoms with van der Waals surface area (Å²) < 4.78 is 0. The average molecular weight is 351 g/mol. The Morgan fingerprint density at radius 3 is 2.58 bits per heavy atom. The Bertz CT molecular complexity index is 797. The fourth-order valence-electron chi connectivity index (χ4n) is 2.78. The molecule has 3 rings (SSSR count). The van der Waals surface area contributed by atoms with Gasteiger partial charge < -0.3 is 16.0 Å². The van der Waals surface area contributed by atoms with Crippen molar-refractivity contribution in [1.29, 1.82) is 0 Å². The molecule has 0 aromatic heterocycles. The lowest BCUT2D eigenvalue weighted by Gasteiger charge is -2.14. The fraction of sp³-hybridized carbons (Fsp3) is 0.333. The molecule has 2 aromatic carbocycles. The quantitative estimate of drug-likeness (QED) is 0.711. The zero-order chi connectivity index (χ0) is 18.5. The highest BCUT2D eigenvalue weighted by Crippen LogP contribution is 2.23. The first-order valence-corrected chi connectivity index (χ1v) is 9.06. The van der Waals surface area contributed by atoms with E-state index < -0.39 is 0 Å². The molecule has 2 aromatic rings. The van der Waals surface area contributed by atoms with Crippen molar-refractivity contribution in [3.8, 4) is 0 Å². The summed E-state index contributed by atoms with van der Waals surface area (Å²) >= 11 is 0. The van der Waals surface area contributed by atoms with Crippen LogP contribution in [-0.4, -0.2) is 24.4 Å². The van der Waals surface area contributed by atoms with E-state index in [0.717, 1.165) is 18.5 Å². The molecule has 0 aliphatic heterocycles. The zero-order valence-corrected chi connectivity index (χ0v) is 15.2. The summed E-state index contributed by atoms with van der Waals surface area (Å²) in [4.78, 5) is 24.4. The lowest BCUT2D eigenvalue weighted by molar-refractivity contribution is -0.114. The number of benzene rings is 2. The summed E-state index contributed by atoms with van der Waals surface area (Å²) in [5, 5.41) is 8.99. The molecule has 0 radical (unpaired) electrons. The molecule has 5 heteroatoms. The lowest BCUT2D eigenvalue weighted by Crippen LogP contribution is -2.26. The second kappa shape index (κ2) is 8.04. The van der Waals surface area contributed by atoms with E-state index in [1.165, 1.54) is 5.56 Å². The summed E-state index contributed by atoms with van der Waals surface area (Å²) in [7, 11) is 0. The normalized spacial score (nSPS) is 13.3. The van der Waals surface area contributed by atoms with Crippen LogP contribution in [0.2, 0.25) is 0 Å². The van der Waals surface area contributed by atoms with Gasteiger partial charge in [-0.15, -0.1) is 0 Å². The molecule has 1 aliphatic carbocycles. The van der Waals surface area contributed by atoms with Crippen LogP contribution in [0.25, 0.3) is 0 Å². The van der Waals surface area contributed by atoms with Gasteiger partial charge in [-0.25, -0.2) is 0 Å². The van der Waals surface area contributed by atoms with E-state index in [0.29, 0.717) is 23.2 Å². The third kappa shape index (κ3) is 4.85. The SMILES string of the molecule is CC(C)c1ccccc1NCC(=O)Nc1cccc(C(=O)NC2CC2)c1. The summed E-state index contributed by atoms with van der Waals surface area (Å²) in [5.74, 6) is 0.138. The van der Waals surface area contributed by atoms with Crippen LogP contribution in [0.5, 0.6) is 0 Å². The number of hydrogen-bond acceptors (Lipinski definition) is 3. The fourth-order valence-corrected chi connectivity index (χ4v) is 2.78.